The molecular formula is C11H10F3NO2. The Morgan fingerprint density at radius 3 is 2.71 bits per heavy atom. The summed E-state index contributed by atoms with van der Waals surface area (Å²) in [6.45, 7) is 0.0705. The zero-order valence-corrected chi connectivity index (χ0v) is 8.75. The summed E-state index contributed by atoms with van der Waals surface area (Å²) in [6, 6.07) is 4.93. The van der Waals surface area contributed by atoms with Gasteiger partial charge in [0.2, 0.25) is 5.91 Å². The highest BCUT2D eigenvalue weighted by molar-refractivity contribution is 5.77. The van der Waals surface area contributed by atoms with Crippen molar-refractivity contribution in [1.29, 1.82) is 0 Å². The number of carbonyl (C=O) groups excluding carboxylic acids is 1. The van der Waals surface area contributed by atoms with Gasteiger partial charge in [0, 0.05) is 6.54 Å². The Morgan fingerprint density at radius 1 is 1.35 bits per heavy atom. The van der Waals surface area contributed by atoms with Crippen LogP contribution in [0.5, 0.6) is 0 Å². The minimum Gasteiger partial charge on any atom is -0.362 e. The van der Waals surface area contributed by atoms with Crippen LogP contribution in [0.1, 0.15) is 17.2 Å². The van der Waals surface area contributed by atoms with Crippen molar-refractivity contribution in [3.63, 3.8) is 0 Å². The lowest BCUT2D eigenvalue weighted by Crippen LogP contribution is -2.38. The maximum Gasteiger partial charge on any atom is 0.416 e. The predicted molar refractivity (Wildman–Crippen MR) is 53.1 cm³/mol. The first kappa shape index (κ1) is 11.9. The summed E-state index contributed by atoms with van der Waals surface area (Å²) in [5, 5.41) is 2.54. The Labute approximate surface area is 95.6 Å². The molecule has 0 bridgehead atoms. The number of carbonyl (C=O) groups is 1. The van der Waals surface area contributed by atoms with Crippen LogP contribution < -0.4 is 5.32 Å². The van der Waals surface area contributed by atoms with Gasteiger partial charge < -0.3 is 10.1 Å². The van der Waals surface area contributed by atoms with E-state index in [0.717, 1.165) is 12.1 Å². The van der Waals surface area contributed by atoms with Crippen LogP contribution in [-0.2, 0) is 15.7 Å². The van der Waals surface area contributed by atoms with Crippen LogP contribution in [0.4, 0.5) is 13.2 Å². The van der Waals surface area contributed by atoms with Crippen LogP contribution in [0, 0.1) is 0 Å². The standard InChI is InChI=1S/C11H10F3NO2/c12-11(13,14)8-3-1-2-7(4-8)9-5-15-10(16)6-17-9/h1-4,9H,5-6H2,(H,15,16). The van der Waals surface area contributed by atoms with Crippen LogP contribution in [0.3, 0.4) is 0 Å². The molecule has 1 atom stereocenters. The van der Waals surface area contributed by atoms with Gasteiger partial charge in [-0.05, 0) is 17.7 Å². The second-order valence-corrected chi connectivity index (χ2v) is 3.73. The molecule has 1 aromatic rings. The van der Waals surface area contributed by atoms with E-state index >= 15 is 0 Å². The van der Waals surface area contributed by atoms with Gasteiger partial charge in [0.1, 0.15) is 12.7 Å². The number of hydrogen-bond acceptors (Lipinski definition) is 2. The molecule has 1 heterocycles. The molecule has 92 valence electrons. The average Bonchev–Trinajstić information content (AvgIpc) is 2.29. The number of morpholine rings is 1. The average molecular weight is 245 g/mol. The highest BCUT2D eigenvalue weighted by Crippen LogP contribution is 2.31. The molecule has 1 N–H and O–H groups in total. The van der Waals surface area contributed by atoms with E-state index in [4.69, 9.17) is 4.74 Å². The van der Waals surface area contributed by atoms with E-state index in [-0.39, 0.29) is 19.1 Å². The number of alkyl halides is 3. The Morgan fingerprint density at radius 2 is 2.12 bits per heavy atom. The first-order valence-corrected chi connectivity index (χ1v) is 5.02. The topological polar surface area (TPSA) is 38.3 Å². The van der Waals surface area contributed by atoms with E-state index < -0.39 is 17.8 Å². The second-order valence-electron chi connectivity index (χ2n) is 3.73. The van der Waals surface area contributed by atoms with Crippen LogP contribution in [0.2, 0.25) is 0 Å². The van der Waals surface area contributed by atoms with Crippen molar-refractivity contribution < 1.29 is 22.7 Å². The van der Waals surface area contributed by atoms with Crippen molar-refractivity contribution >= 4 is 5.91 Å². The zero-order chi connectivity index (χ0) is 12.5. The van der Waals surface area contributed by atoms with E-state index in [1.54, 1.807) is 6.07 Å². The van der Waals surface area contributed by atoms with E-state index in [1.165, 1.54) is 6.07 Å². The Kier molecular flexibility index (Phi) is 3.06. The molecule has 1 unspecified atom stereocenters. The molecule has 1 amide bonds. The Balaban J connectivity index is 2.19. The second kappa shape index (κ2) is 4.37. The summed E-state index contributed by atoms with van der Waals surface area (Å²) in [4.78, 5) is 10.9. The van der Waals surface area contributed by atoms with Crippen molar-refractivity contribution in [3.8, 4) is 0 Å². The van der Waals surface area contributed by atoms with Crippen LogP contribution in [0.15, 0.2) is 24.3 Å². The van der Waals surface area contributed by atoms with E-state index in [2.05, 4.69) is 5.32 Å². The summed E-state index contributed by atoms with van der Waals surface area (Å²) < 4.78 is 42.6. The summed E-state index contributed by atoms with van der Waals surface area (Å²) in [5.74, 6) is -0.256. The number of nitrogens with one attached hydrogen (secondary N) is 1. The molecule has 1 aliphatic rings. The van der Waals surface area contributed by atoms with Gasteiger partial charge in [-0.2, -0.15) is 13.2 Å². The minimum atomic E-state index is -4.37. The van der Waals surface area contributed by atoms with E-state index in [9.17, 15) is 18.0 Å². The minimum absolute atomic E-state index is 0.124. The largest absolute Gasteiger partial charge is 0.416 e. The van der Waals surface area contributed by atoms with Gasteiger partial charge in [0.15, 0.2) is 0 Å². The van der Waals surface area contributed by atoms with Crippen molar-refractivity contribution in [1.82, 2.24) is 5.32 Å². The van der Waals surface area contributed by atoms with Crippen molar-refractivity contribution in [2.24, 2.45) is 0 Å². The molecule has 1 aliphatic heterocycles. The van der Waals surface area contributed by atoms with Crippen LogP contribution in [-0.4, -0.2) is 19.1 Å². The van der Waals surface area contributed by atoms with Crippen molar-refractivity contribution in [2.75, 3.05) is 13.2 Å². The van der Waals surface area contributed by atoms with Gasteiger partial charge in [0.25, 0.3) is 0 Å². The molecule has 3 nitrogen and oxygen atoms in total. The highest BCUT2D eigenvalue weighted by atomic mass is 19.4. The van der Waals surface area contributed by atoms with Gasteiger partial charge in [-0.3, -0.25) is 4.79 Å². The van der Waals surface area contributed by atoms with Crippen molar-refractivity contribution in [2.45, 2.75) is 12.3 Å². The van der Waals surface area contributed by atoms with Gasteiger partial charge in [-0.15, -0.1) is 0 Å². The SMILES string of the molecule is O=C1COC(c2cccc(C(F)(F)F)c2)CN1. The third-order valence-electron chi connectivity index (χ3n) is 2.49. The molecule has 6 heteroatoms. The van der Waals surface area contributed by atoms with Gasteiger partial charge >= 0.3 is 6.18 Å². The lowest BCUT2D eigenvalue weighted by Gasteiger charge is -2.24. The summed E-state index contributed by atoms with van der Waals surface area (Å²) in [6.07, 6.45) is -4.89. The zero-order valence-electron chi connectivity index (χ0n) is 8.75. The number of ether oxygens (including phenoxy) is 1. The third-order valence-corrected chi connectivity index (χ3v) is 2.49. The van der Waals surface area contributed by atoms with Crippen LogP contribution >= 0.6 is 0 Å². The molecule has 0 aliphatic carbocycles. The molecule has 0 radical (unpaired) electrons. The monoisotopic (exact) mass is 245 g/mol. The molecular weight excluding hydrogens is 235 g/mol. The number of benzene rings is 1. The summed E-state index contributed by atoms with van der Waals surface area (Å²) in [7, 11) is 0. The molecule has 1 aromatic carbocycles. The quantitative estimate of drug-likeness (QED) is 0.820. The Hall–Kier alpha value is -1.56. The lowest BCUT2D eigenvalue weighted by atomic mass is 10.0. The maximum atomic E-state index is 12.5. The molecule has 2 rings (SSSR count). The van der Waals surface area contributed by atoms with Gasteiger partial charge in [0.05, 0.1) is 5.56 Å². The molecule has 0 spiro atoms. The lowest BCUT2D eigenvalue weighted by molar-refractivity contribution is -0.138. The maximum absolute atomic E-state index is 12.5. The van der Waals surface area contributed by atoms with Gasteiger partial charge in [-0.25, -0.2) is 0 Å². The molecule has 1 saturated heterocycles. The molecule has 0 aromatic heterocycles. The fourth-order valence-corrected chi connectivity index (χ4v) is 1.62. The highest BCUT2D eigenvalue weighted by Gasteiger charge is 2.31. The Bertz CT molecular complexity index is 421. The number of halogens is 3. The third kappa shape index (κ3) is 2.76. The smallest absolute Gasteiger partial charge is 0.362 e. The fraction of sp³-hybridized carbons (Fsp3) is 0.364. The number of hydrogen-bond donors (Lipinski definition) is 1. The first-order valence-electron chi connectivity index (χ1n) is 5.02. The molecule has 17 heavy (non-hydrogen) atoms. The van der Waals surface area contributed by atoms with E-state index in [1.807, 2.05) is 0 Å². The molecule has 0 saturated carbocycles. The number of rotatable bonds is 1. The molecule has 1 fully saturated rings. The van der Waals surface area contributed by atoms with Crippen molar-refractivity contribution in [3.05, 3.63) is 35.4 Å². The fourth-order valence-electron chi connectivity index (χ4n) is 1.62. The van der Waals surface area contributed by atoms with Crippen LogP contribution in [0.25, 0.3) is 0 Å². The summed E-state index contributed by atoms with van der Waals surface area (Å²) >= 11 is 0. The predicted octanol–water partition coefficient (Wildman–Crippen LogP) is 1.89. The number of amides is 1. The van der Waals surface area contributed by atoms with Gasteiger partial charge in [-0.1, -0.05) is 12.1 Å². The normalized spacial score (nSPS) is 21.1. The summed E-state index contributed by atoms with van der Waals surface area (Å²) in [5.41, 5.74) is -0.296. The first-order chi connectivity index (χ1) is 7.97. The van der Waals surface area contributed by atoms with E-state index in [0.29, 0.717) is 5.56 Å².